The van der Waals surface area contributed by atoms with Crippen molar-refractivity contribution in [2.45, 2.75) is 57.8 Å². The predicted octanol–water partition coefficient (Wildman–Crippen LogP) is 7.07. The molecule has 0 spiro atoms. The number of rotatable bonds is 1. The number of hydrogen-bond acceptors (Lipinski definition) is 2. The minimum atomic E-state index is 0.331. The van der Waals surface area contributed by atoms with Gasteiger partial charge in [0.25, 0.3) is 6.33 Å². The first-order valence-corrected chi connectivity index (χ1v) is 13.0. The summed E-state index contributed by atoms with van der Waals surface area (Å²) in [6.45, 7) is 4.46. The van der Waals surface area contributed by atoms with Gasteiger partial charge in [-0.05, 0) is 115 Å². The van der Waals surface area contributed by atoms with Crippen molar-refractivity contribution >= 4 is 21.7 Å². The molecule has 0 saturated heterocycles. The second kappa shape index (κ2) is 6.38. The highest BCUT2D eigenvalue weighted by molar-refractivity contribution is 6.05. The zero-order valence-corrected chi connectivity index (χ0v) is 20.3. The Morgan fingerprint density at radius 2 is 1.56 bits per heavy atom. The van der Waals surface area contributed by atoms with Crippen LogP contribution in [0.3, 0.4) is 0 Å². The van der Waals surface area contributed by atoms with Gasteiger partial charge in [-0.25, -0.2) is 4.57 Å². The highest BCUT2D eigenvalue weighted by Gasteiger charge is 2.52. The molecule has 4 saturated carbocycles. The number of hydrogen-bond donors (Lipinski definition) is 0. The lowest BCUT2D eigenvalue weighted by atomic mass is 9.48. The van der Waals surface area contributed by atoms with Crippen LogP contribution in [0.15, 0.2) is 42.7 Å². The average Bonchev–Trinajstić information content (AvgIpc) is 2.83. The summed E-state index contributed by atoms with van der Waals surface area (Å²) in [6, 6.07) is 13.6. The van der Waals surface area contributed by atoms with Crippen LogP contribution in [-0.4, -0.2) is 4.98 Å². The van der Waals surface area contributed by atoms with Crippen molar-refractivity contribution in [1.82, 2.24) is 4.98 Å². The third-order valence-electron chi connectivity index (χ3n) is 9.82. The van der Waals surface area contributed by atoms with Crippen molar-refractivity contribution in [2.24, 2.45) is 24.8 Å². The Hall–Kier alpha value is -2.94. The van der Waals surface area contributed by atoms with Gasteiger partial charge in [0.15, 0.2) is 11.2 Å². The van der Waals surface area contributed by atoms with Crippen LogP contribution in [0.2, 0.25) is 0 Å². The minimum Gasteiger partial charge on any atom is -0.455 e. The molecule has 5 aliphatic rings. The second-order valence-corrected chi connectivity index (χ2v) is 11.9. The predicted molar refractivity (Wildman–Crippen MR) is 135 cm³/mol. The molecular formula is C31H31N2O+. The number of fused-ring (bicyclic) bond motifs is 3. The third-order valence-corrected chi connectivity index (χ3v) is 9.82. The fraction of sp³-hybridized carbons (Fsp3) is 0.419. The summed E-state index contributed by atoms with van der Waals surface area (Å²) in [4.78, 5) is 4.94. The molecule has 0 amide bonds. The summed E-state index contributed by atoms with van der Waals surface area (Å²) < 4.78 is 9.07. The van der Waals surface area contributed by atoms with Gasteiger partial charge in [-0.1, -0.05) is 24.3 Å². The first-order chi connectivity index (χ1) is 16.5. The molecule has 170 valence electrons. The molecule has 1 aromatic heterocycles. The monoisotopic (exact) mass is 447 g/mol. The van der Waals surface area contributed by atoms with Crippen LogP contribution in [0.5, 0.6) is 11.5 Å². The maximum Gasteiger partial charge on any atom is 0.287 e. The fourth-order valence-electron chi connectivity index (χ4n) is 8.75. The van der Waals surface area contributed by atoms with Crippen LogP contribution in [0.4, 0.5) is 0 Å². The average molecular weight is 448 g/mol. The van der Waals surface area contributed by atoms with E-state index in [-0.39, 0.29) is 0 Å². The van der Waals surface area contributed by atoms with E-state index in [4.69, 9.17) is 9.72 Å². The van der Waals surface area contributed by atoms with Crippen LogP contribution >= 0.6 is 0 Å². The van der Waals surface area contributed by atoms with E-state index in [1.54, 1.807) is 0 Å². The molecule has 0 N–H and O–H groups in total. The first-order valence-electron chi connectivity index (χ1n) is 13.0. The van der Waals surface area contributed by atoms with E-state index in [0.29, 0.717) is 5.41 Å². The Labute approximate surface area is 200 Å². The molecule has 0 atom stereocenters. The normalized spacial score (nSPS) is 28.4. The lowest BCUT2D eigenvalue weighted by Crippen LogP contribution is -2.48. The summed E-state index contributed by atoms with van der Waals surface area (Å²) in [6.07, 6.45) is 10.5. The zero-order valence-electron chi connectivity index (χ0n) is 20.3. The van der Waals surface area contributed by atoms with Crippen LogP contribution in [0.25, 0.3) is 32.9 Å². The summed E-state index contributed by atoms with van der Waals surface area (Å²) in [5.41, 5.74) is 7.89. The third kappa shape index (κ3) is 2.38. The maximum atomic E-state index is 6.87. The van der Waals surface area contributed by atoms with Crippen molar-refractivity contribution in [2.75, 3.05) is 0 Å². The number of aryl methyl sites for hydroxylation is 3. The number of benzene rings is 3. The lowest BCUT2D eigenvalue weighted by molar-refractivity contribution is -0.662. The van der Waals surface area contributed by atoms with Gasteiger partial charge in [-0.15, -0.1) is 0 Å². The largest absolute Gasteiger partial charge is 0.455 e. The van der Waals surface area contributed by atoms with Gasteiger partial charge >= 0.3 is 0 Å². The number of nitrogens with zero attached hydrogens (tertiary/aromatic N) is 2. The fourth-order valence-corrected chi connectivity index (χ4v) is 8.75. The zero-order chi connectivity index (χ0) is 22.8. The summed E-state index contributed by atoms with van der Waals surface area (Å²) >= 11 is 0. The summed E-state index contributed by atoms with van der Waals surface area (Å²) in [5, 5.41) is 3.76. The van der Waals surface area contributed by atoms with E-state index in [9.17, 15) is 0 Å². The van der Waals surface area contributed by atoms with Crippen molar-refractivity contribution < 1.29 is 9.30 Å². The van der Waals surface area contributed by atoms with Gasteiger partial charge in [0.2, 0.25) is 0 Å². The van der Waals surface area contributed by atoms with E-state index in [2.05, 4.69) is 61.9 Å². The molecule has 3 nitrogen and oxygen atoms in total. The number of ether oxygens (including phenoxy) is 1. The maximum absolute atomic E-state index is 6.87. The van der Waals surface area contributed by atoms with E-state index in [1.807, 2.05) is 6.33 Å². The Balaban J connectivity index is 1.41. The van der Waals surface area contributed by atoms with Crippen LogP contribution < -0.4 is 9.30 Å². The van der Waals surface area contributed by atoms with Crippen molar-refractivity contribution in [1.29, 1.82) is 0 Å². The standard InChI is InChI=1S/C31H31N2O/c1-17-23-6-4-5-7-24(23)18(2)30-27(17)29-28-25(32-16-33(29)3)11-22(12-26(28)34-30)31-13-19-8-20(14-31)10-21(9-19)15-31/h4-7,11-12,16,19-21H,8-10,13-15H2,1-3H3/q+1. The molecule has 0 unspecified atom stereocenters. The van der Waals surface area contributed by atoms with Crippen molar-refractivity contribution in [3.8, 4) is 22.8 Å². The summed E-state index contributed by atoms with van der Waals surface area (Å²) in [7, 11) is 2.12. The highest BCUT2D eigenvalue weighted by Crippen LogP contribution is 2.62. The molecule has 2 heterocycles. The molecule has 34 heavy (non-hydrogen) atoms. The smallest absolute Gasteiger partial charge is 0.287 e. The first kappa shape index (κ1) is 19.4. The second-order valence-electron chi connectivity index (χ2n) is 11.9. The highest BCUT2D eigenvalue weighted by atomic mass is 16.5. The number of aromatic nitrogens is 2. The molecular weight excluding hydrogens is 416 g/mol. The summed E-state index contributed by atoms with van der Waals surface area (Å²) in [5.74, 6) is 4.80. The van der Waals surface area contributed by atoms with Gasteiger partial charge in [0.1, 0.15) is 16.9 Å². The quantitative estimate of drug-likeness (QED) is 0.257. The topological polar surface area (TPSA) is 26.0 Å². The SMILES string of the molecule is Cc1c2c(c(C)c3ccccc13)-c1c3c(cc(C45CC6CC(CC(C6)C4)C5)cc3nc[n+]1C)O2. The van der Waals surface area contributed by atoms with Gasteiger partial charge in [-0.3, -0.25) is 0 Å². The van der Waals surface area contributed by atoms with E-state index in [1.165, 1.54) is 82.6 Å². The molecule has 0 radical (unpaired) electrons. The molecule has 9 rings (SSSR count). The van der Waals surface area contributed by atoms with Gasteiger partial charge in [0, 0.05) is 5.56 Å². The Bertz CT molecular complexity index is 1510. The van der Waals surface area contributed by atoms with Gasteiger partial charge in [-0.2, -0.15) is 0 Å². The molecule has 4 aromatic rings. The van der Waals surface area contributed by atoms with E-state index in [0.717, 1.165) is 34.8 Å². The Morgan fingerprint density at radius 1 is 0.912 bits per heavy atom. The van der Waals surface area contributed by atoms with Crippen molar-refractivity contribution in [3.63, 3.8) is 0 Å². The minimum absolute atomic E-state index is 0.331. The molecule has 3 heteroatoms. The van der Waals surface area contributed by atoms with E-state index >= 15 is 0 Å². The van der Waals surface area contributed by atoms with E-state index < -0.39 is 0 Å². The van der Waals surface area contributed by atoms with Gasteiger partial charge < -0.3 is 4.74 Å². The van der Waals surface area contributed by atoms with Crippen LogP contribution in [0.1, 0.15) is 55.2 Å². The molecule has 4 aliphatic carbocycles. The molecule has 4 bridgehead atoms. The van der Waals surface area contributed by atoms with Gasteiger partial charge in [0.05, 0.1) is 12.6 Å². The molecule has 3 aromatic carbocycles. The molecule has 4 fully saturated rings. The molecule has 1 aliphatic heterocycles. The Kier molecular flexibility index (Phi) is 3.64. The lowest BCUT2D eigenvalue weighted by Gasteiger charge is -2.57. The van der Waals surface area contributed by atoms with Crippen LogP contribution in [0, 0.1) is 31.6 Å². The van der Waals surface area contributed by atoms with Crippen LogP contribution in [-0.2, 0) is 12.5 Å². The van der Waals surface area contributed by atoms with Crippen molar-refractivity contribution in [3.05, 3.63) is 59.4 Å². The Morgan fingerprint density at radius 3 is 2.24 bits per heavy atom.